The predicted octanol–water partition coefficient (Wildman–Crippen LogP) is 2.05. The van der Waals surface area contributed by atoms with E-state index in [-0.39, 0.29) is 5.54 Å². The van der Waals surface area contributed by atoms with Gasteiger partial charge in [0.1, 0.15) is 0 Å². The average Bonchev–Trinajstić information content (AvgIpc) is 2.65. The molecule has 1 aliphatic heterocycles. The topological polar surface area (TPSA) is 15.3 Å². The molecule has 0 bridgehead atoms. The Balaban J connectivity index is 2.37. The Labute approximate surface area is 98.7 Å². The molecule has 0 spiro atoms. The van der Waals surface area contributed by atoms with Crippen molar-refractivity contribution in [1.82, 2.24) is 10.2 Å². The number of likely N-dealkylation sites (tertiary alicyclic amines) is 1. The van der Waals surface area contributed by atoms with Gasteiger partial charge < -0.3 is 10.2 Å². The maximum absolute atomic E-state index is 3.53. The molecule has 0 aromatic heterocycles. The SMILES string of the molecule is CNC1(c2ccc(C)c(C)c2)CCN(C)C1. The van der Waals surface area contributed by atoms with Crippen LogP contribution in [0.15, 0.2) is 18.2 Å². The second-order valence-corrected chi connectivity index (χ2v) is 5.12. The first-order valence-electron chi connectivity index (χ1n) is 6.02. The second kappa shape index (κ2) is 4.19. The van der Waals surface area contributed by atoms with Crippen molar-refractivity contribution < 1.29 is 0 Å². The lowest BCUT2D eigenvalue weighted by Gasteiger charge is -2.30. The molecule has 2 heteroatoms. The summed E-state index contributed by atoms with van der Waals surface area (Å²) < 4.78 is 0. The monoisotopic (exact) mass is 218 g/mol. The highest BCUT2D eigenvalue weighted by Gasteiger charge is 2.36. The van der Waals surface area contributed by atoms with Crippen molar-refractivity contribution in [3.8, 4) is 0 Å². The minimum absolute atomic E-state index is 0.160. The lowest BCUT2D eigenvalue weighted by molar-refractivity contribution is 0.334. The fraction of sp³-hybridized carbons (Fsp3) is 0.571. The number of rotatable bonds is 2. The first-order valence-corrected chi connectivity index (χ1v) is 6.02. The Kier molecular flexibility index (Phi) is 3.04. The predicted molar refractivity (Wildman–Crippen MR) is 68.8 cm³/mol. The fourth-order valence-corrected chi connectivity index (χ4v) is 2.62. The summed E-state index contributed by atoms with van der Waals surface area (Å²) in [6, 6.07) is 6.85. The Morgan fingerprint density at radius 2 is 2.00 bits per heavy atom. The van der Waals surface area contributed by atoms with Gasteiger partial charge in [0.15, 0.2) is 0 Å². The van der Waals surface area contributed by atoms with Crippen molar-refractivity contribution in [3.63, 3.8) is 0 Å². The molecule has 2 nitrogen and oxygen atoms in total. The maximum atomic E-state index is 3.53. The summed E-state index contributed by atoms with van der Waals surface area (Å²) in [5.74, 6) is 0. The summed E-state index contributed by atoms with van der Waals surface area (Å²) in [6.45, 7) is 6.65. The molecule has 0 aliphatic carbocycles. The van der Waals surface area contributed by atoms with Crippen molar-refractivity contribution in [2.45, 2.75) is 25.8 Å². The van der Waals surface area contributed by atoms with Crippen LogP contribution >= 0.6 is 0 Å². The zero-order valence-electron chi connectivity index (χ0n) is 10.8. The molecule has 1 unspecified atom stereocenters. The van der Waals surface area contributed by atoms with E-state index >= 15 is 0 Å². The lowest BCUT2D eigenvalue weighted by Crippen LogP contribution is -2.42. The van der Waals surface area contributed by atoms with Crippen LogP contribution < -0.4 is 5.32 Å². The minimum Gasteiger partial charge on any atom is -0.309 e. The first-order chi connectivity index (χ1) is 7.57. The van der Waals surface area contributed by atoms with Crippen LogP contribution in [0.1, 0.15) is 23.1 Å². The minimum atomic E-state index is 0.160. The largest absolute Gasteiger partial charge is 0.309 e. The summed E-state index contributed by atoms with van der Waals surface area (Å²) in [6.07, 6.45) is 1.20. The van der Waals surface area contributed by atoms with Crippen molar-refractivity contribution >= 4 is 0 Å². The third-order valence-electron chi connectivity index (χ3n) is 4.00. The molecular weight excluding hydrogens is 196 g/mol. The van der Waals surface area contributed by atoms with E-state index in [9.17, 15) is 0 Å². The Hall–Kier alpha value is -0.860. The number of nitrogens with zero attached hydrogens (tertiary/aromatic N) is 1. The van der Waals surface area contributed by atoms with Crippen LogP contribution in [0.4, 0.5) is 0 Å². The highest BCUT2D eigenvalue weighted by atomic mass is 15.2. The average molecular weight is 218 g/mol. The Morgan fingerprint density at radius 3 is 2.50 bits per heavy atom. The molecular formula is C14H22N2. The van der Waals surface area contributed by atoms with Gasteiger partial charge in [0, 0.05) is 13.1 Å². The highest BCUT2D eigenvalue weighted by Crippen LogP contribution is 2.31. The van der Waals surface area contributed by atoms with Crippen LogP contribution in [0.2, 0.25) is 0 Å². The van der Waals surface area contributed by atoms with E-state index in [1.807, 2.05) is 0 Å². The maximum Gasteiger partial charge on any atom is 0.0573 e. The summed E-state index contributed by atoms with van der Waals surface area (Å²) in [7, 11) is 4.27. The third kappa shape index (κ3) is 1.87. The summed E-state index contributed by atoms with van der Waals surface area (Å²) in [5.41, 5.74) is 4.36. The molecule has 0 radical (unpaired) electrons. The van der Waals surface area contributed by atoms with E-state index in [0.717, 1.165) is 6.54 Å². The standard InChI is InChI=1S/C14H22N2/c1-11-5-6-13(9-12(11)2)14(15-3)7-8-16(4)10-14/h5-6,9,15H,7-8,10H2,1-4H3. The zero-order chi connectivity index (χ0) is 11.8. The van der Waals surface area contributed by atoms with Gasteiger partial charge in [0.05, 0.1) is 5.54 Å². The van der Waals surface area contributed by atoms with E-state index in [2.05, 4.69) is 56.4 Å². The van der Waals surface area contributed by atoms with Crippen molar-refractivity contribution in [2.75, 3.05) is 27.2 Å². The van der Waals surface area contributed by atoms with Crippen molar-refractivity contribution in [3.05, 3.63) is 34.9 Å². The summed E-state index contributed by atoms with van der Waals surface area (Å²) >= 11 is 0. The van der Waals surface area contributed by atoms with Crippen LogP contribution in [-0.2, 0) is 5.54 Å². The molecule has 1 fully saturated rings. The molecule has 1 N–H and O–H groups in total. The number of hydrogen-bond acceptors (Lipinski definition) is 2. The number of nitrogens with one attached hydrogen (secondary N) is 1. The molecule has 1 aliphatic rings. The molecule has 1 heterocycles. The van der Waals surface area contributed by atoms with Gasteiger partial charge in [-0.1, -0.05) is 18.2 Å². The van der Waals surface area contributed by atoms with Crippen LogP contribution in [-0.4, -0.2) is 32.1 Å². The molecule has 16 heavy (non-hydrogen) atoms. The summed E-state index contributed by atoms with van der Waals surface area (Å²) in [5, 5.41) is 3.53. The van der Waals surface area contributed by atoms with Gasteiger partial charge in [-0.3, -0.25) is 0 Å². The number of likely N-dealkylation sites (N-methyl/N-ethyl adjacent to an activating group) is 2. The molecule has 0 amide bonds. The van der Waals surface area contributed by atoms with Crippen LogP contribution in [0.5, 0.6) is 0 Å². The smallest absolute Gasteiger partial charge is 0.0573 e. The van der Waals surface area contributed by atoms with E-state index in [1.54, 1.807) is 0 Å². The zero-order valence-corrected chi connectivity index (χ0v) is 10.8. The molecule has 1 saturated heterocycles. The number of aryl methyl sites for hydroxylation is 2. The van der Waals surface area contributed by atoms with E-state index in [0.29, 0.717) is 0 Å². The quantitative estimate of drug-likeness (QED) is 0.817. The van der Waals surface area contributed by atoms with Crippen LogP contribution in [0.3, 0.4) is 0 Å². The second-order valence-electron chi connectivity index (χ2n) is 5.12. The fourth-order valence-electron chi connectivity index (χ4n) is 2.62. The van der Waals surface area contributed by atoms with Gasteiger partial charge in [-0.15, -0.1) is 0 Å². The van der Waals surface area contributed by atoms with Gasteiger partial charge in [-0.25, -0.2) is 0 Å². The van der Waals surface area contributed by atoms with Gasteiger partial charge in [0.2, 0.25) is 0 Å². The van der Waals surface area contributed by atoms with E-state index < -0.39 is 0 Å². The van der Waals surface area contributed by atoms with E-state index in [4.69, 9.17) is 0 Å². The Morgan fingerprint density at radius 1 is 1.25 bits per heavy atom. The first kappa shape index (κ1) is 11.6. The lowest BCUT2D eigenvalue weighted by atomic mass is 9.87. The molecule has 1 atom stereocenters. The van der Waals surface area contributed by atoms with Gasteiger partial charge in [-0.2, -0.15) is 0 Å². The van der Waals surface area contributed by atoms with Crippen LogP contribution in [0, 0.1) is 13.8 Å². The third-order valence-corrected chi connectivity index (χ3v) is 4.00. The molecule has 88 valence electrons. The van der Waals surface area contributed by atoms with Crippen molar-refractivity contribution in [2.24, 2.45) is 0 Å². The van der Waals surface area contributed by atoms with Gasteiger partial charge >= 0.3 is 0 Å². The van der Waals surface area contributed by atoms with Gasteiger partial charge in [0.25, 0.3) is 0 Å². The Bertz CT molecular complexity index is 386. The molecule has 2 rings (SSSR count). The van der Waals surface area contributed by atoms with E-state index in [1.165, 1.54) is 29.7 Å². The molecule has 1 aromatic carbocycles. The summed E-state index contributed by atoms with van der Waals surface area (Å²) in [4.78, 5) is 2.39. The number of hydrogen-bond donors (Lipinski definition) is 1. The molecule has 0 saturated carbocycles. The van der Waals surface area contributed by atoms with Crippen LogP contribution in [0.25, 0.3) is 0 Å². The van der Waals surface area contributed by atoms with Crippen molar-refractivity contribution in [1.29, 1.82) is 0 Å². The number of benzene rings is 1. The normalized spacial score (nSPS) is 26.2. The molecule has 1 aromatic rings. The highest BCUT2D eigenvalue weighted by molar-refractivity contribution is 5.35. The van der Waals surface area contributed by atoms with Gasteiger partial charge in [-0.05, 0) is 51.1 Å².